The zero-order valence-corrected chi connectivity index (χ0v) is 13.6. The molecule has 0 bridgehead atoms. The highest BCUT2D eigenvalue weighted by Crippen LogP contribution is 2.14. The van der Waals surface area contributed by atoms with E-state index in [1.54, 1.807) is 12.3 Å². The molecule has 5 heteroatoms. The number of carbonyl (C=O) groups excluding carboxylic acids is 1. The highest BCUT2D eigenvalue weighted by atomic mass is 35.5. The maximum Gasteiger partial charge on any atom is 0.253 e. The molecule has 4 nitrogen and oxygen atoms in total. The van der Waals surface area contributed by atoms with Crippen molar-refractivity contribution in [1.82, 2.24) is 9.88 Å². The number of amides is 1. The fraction of sp³-hybridized carbons (Fsp3) is 0.294. The Morgan fingerprint density at radius 3 is 2.45 bits per heavy atom. The summed E-state index contributed by atoms with van der Waals surface area (Å²) in [7, 11) is 0. The van der Waals surface area contributed by atoms with Crippen molar-refractivity contribution in [3.8, 4) is 0 Å². The maximum atomic E-state index is 12.2. The molecule has 2 aromatic rings. The summed E-state index contributed by atoms with van der Waals surface area (Å²) in [5.41, 5.74) is 2.74. The van der Waals surface area contributed by atoms with Crippen molar-refractivity contribution in [1.29, 1.82) is 0 Å². The number of carbonyl (C=O) groups is 1. The zero-order chi connectivity index (χ0) is 15.9. The molecule has 1 aromatic heterocycles. The van der Waals surface area contributed by atoms with Gasteiger partial charge in [0.05, 0.1) is 0 Å². The number of nitrogens with zero attached hydrogens (tertiary/aromatic N) is 2. The molecule has 0 atom stereocenters. The minimum Gasteiger partial charge on any atom is -0.381 e. The predicted molar refractivity (Wildman–Crippen MR) is 90.3 cm³/mol. The average Bonchev–Trinajstić information content (AvgIpc) is 2.54. The summed E-state index contributed by atoms with van der Waals surface area (Å²) in [6, 6.07) is 11.3. The van der Waals surface area contributed by atoms with Crippen molar-refractivity contribution in [3.63, 3.8) is 0 Å². The van der Waals surface area contributed by atoms with Gasteiger partial charge in [0.1, 0.15) is 5.15 Å². The van der Waals surface area contributed by atoms with Crippen LogP contribution >= 0.6 is 11.6 Å². The monoisotopic (exact) mass is 317 g/mol. The Morgan fingerprint density at radius 1 is 1.18 bits per heavy atom. The van der Waals surface area contributed by atoms with Gasteiger partial charge in [-0.2, -0.15) is 0 Å². The molecule has 0 spiro atoms. The largest absolute Gasteiger partial charge is 0.381 e. The van der Waals surface area contributed by atoms with Gasteiger partial charge in [0.15, 0.2) is 0 Å². The lowest BCUT2D eigenvalue weighted by molar-refractivity contribution is 0.0773. The average molecular weight is 318 g/mol. The van der Waals surface area contributed by atoms with Crippen LogP contribution in [0.3, 0.4) is 0 Å². The van der Waals surface area contributed by atoms with Gasteiger partial charge in [-0.3, -0.25) is 4.79 Å². The van der Waals surface area contributed by atoms with Crippen LogP contribution in [0.5, 0.6) is 0 Å². The molecule has 0 aliphatic heterocycles. The summed E-state index contributed by atoms with van der Waals surface area (Å²) in [5, 5.41) is 3.74. The van der Waals surface area contributed by atoms with E-state index >= 15 is 0 Å². The lowest BCUT2D eigenvalue weighted by Gasteiger charge is -2.18. The van der Waals surface area contributed by atoms with Crippen LogP contribution in [0.15, 0.2) is 42.6 Å². The van der Waals surface area contributed by atoms with Gasteiger partial charge in [0.25, 0.3) is 5.91 Å². The van der Waals surface area contributed by atoms with Crippen molar-refractivity contribution in [2.45, 2.75) is 20.4 Å². The molecule has 0 aliphatic carbocycles. The first-order valence-corrected chi connectivity index (χ1v) is 7.75. The van der Waals surface area contributed by atoms with Gasteiger partial charge in [-0.05, 0) is 43.7 Å². The molecule has 0 unspecified atom stereocenters. The van der Waals surface area contributed by atoms with Crippen LogP contribution in [0, 0.1) is 0 Å². The van der Waals surface area contributed by atoms with Gasteiger partial charge in [0, 0.05) is 37.1 Å². The number of hydrogen-bond acceptors (Lipinski definition) is 3. The Bertz CT molecular complexity index is 624. The number of rotatable bonds is 6. The summed E-state index contributed by atoms with van der Waals surface area (Å²) < 4.78 is 0. The Hall–Kier alpha value is -2.07. The predicted octanol–water partition coefficient (Wildman–Crippen LogP) is 3.83. The van der Waals surface area contributed by atoms with Crippen LogP contribution in [-0.4, -0.2) is 28.9 Å². The first kappa shape index (κ1) is 16.3. The molecule has 1 heterocycles. The lowest BCUT2D eigenvalue weighted by atomic mass is 10.1. The zero-order valence-electron chi connectivity index (χ0n) is 12.8. The Balaban J connectivity index is 1.98. The third-order valence-electron chi connectivity index (χ3n) is 3.47. The van der Waals surface area contributed by atoms with Crippen molar-refractivity contribution < 1.29 is 4.79 Å². The summed E-state index contributed by atoms with van der Waals surface area (Å²) in [6.07, 6.45) is 1.66. The molecule has 22 heavy (non-hydrogen) atoms. The summed E-state index contributed by atoms with van der Waals surface area (Å²) in [4.78, 5) is 18.0. The molecule has 116 valence electrons. The Morgan fingerprint density at radius 2 is 1.86 bits per heavy atom. The van der Waals surface area contributed by atoms with Crippen LogP contribution in [-0.2, 0) is 6.54 Å². The van der Waals surface area contributed by atoms with E-state index in [-0.39, 0.29) is 5.91 Å². The summed E-state index contributed by atoms with van der Waals surface area (Å²) in [6.45, 7) is 6.09. The van der Waals surface area contributed by atoms with Gasteiger partial charge in [-0.25, -0.2) is 4.98 Å². The number of nitrogens with one attached hydrogen (secondary N) is 1. The lowest BCUT2D eigenvalue weighted by Crippen LogP contribution is -2.30. The van der Waals surface area contributed by atoms with Gasteiger partial charge < -0.3 is 10.2 Å². The molecule has 2 rings (SSSR count). The second kappa shape index (κ2) is 7.80. The number of aromatic nitrogens is 1. The van der Waals surface area contributed by atoms with E-state index in [0.717, 1.165) is 29.9 Å². The van der Waals surface area contributed by atoms with Gasteiger partial charge in [-0.15, -0.1) is 0 Å². The van der Waals surface area contributed by atoms with Crippen molar-refractivity contribution in [2.24, 2.45) is 0 Å². The van der Waals surface area contributed by atoms with Crippen molar-refractivity contribution >= 4 is 23.2 Å². The first-order chi connectivity index (χ1) is 10.6. The SMILES string of the molecule is CCN(CC)C(=O)c1ccc(CNc2ccnc(Cl)c2)cc1. The highest BCUT2D eigenvalue weighted by molar-refractivity contribution is 6.29. The van der Waals surface area contributed by atoms with E-state index in [1.807, 2.05) is 49.1 Å². The van der Waals surface area contributed by atoms with Crippen LogP contribution in [0.1, 0.15) is 29.8 Å². The van der Waals surface area contributed by atoms with Crippen LogP contribution < -0.4 is 5.32 Å². The topological polar surface area (TPSA) is 45.2 Å². The van der Waals surface area contributed by atoms with E-state index in [0.29, 0.717) is 11.7 Å². The maximum absolute atomic E-state index is 12.2. The van der Waals surface area contributed by atoms with E-state index in [1.165, 1.54) is 0 Å². The van der Waals surface area contributed by atoms with E-state index in [4.69, 9.17) is 11.6 Å². The van der Waals surface area contributed by atoms with Crippen molar-refractivity contribution in [2.75, 3.05) is 18.4 Å². The number of anilines is 1. The van der Waals surface area contributed by atoms with E-state index < -0.39 is 0 Å². The minimum atomic E-state index is 0.0745. The van der Waals surface area contributed by atoms with E-state index in [9.17, 15) is 4.79 Å². The van der Waals surface area contributed by atoms with Crippen molar-refractivity contribution in [3.05, 3.63) is 58.9 Å². The third kappa shape index (κ3) is 4.21. The fourth-order valence-corrected chi connectivity index (χ4v) is 2.35. The minimum absolute atomic E-state index is 0.0745. The molecule has 0 aliphatic rings. The quantitative estimate of drug-likeness (QED) is 0.824. The summed E-state index contributed by atoms with van der Waals surface area (Å²) >= 11 is 5.85. The Kier molecular flexibility index (Phi) is 5.78. The second-order valence-corrected chi connectivity index (χ2v) is 5.28. The standard InChI is InChI=1S/C17H20ClN3O/c1-3-21(4-2)17(22)14-7-5-13(6-8-14)12-20-15-9-10-19-16(18)11-15/h5-11H,3-4,12H2,1-2H3,(H,19,20). The number of halogens is 1. The highest BCUT2D eigenvalue weighted by Gasteiger charge is 2.11. The molecule has 0 saturated carbocycles. The number of hydrogen-bond donors (Lipinski definition) is 1. The molecule has 1 amide bonds. The van der Waals surface area contributed by atoms with E-state index in [2.05, 4.69) is 10.3 Å². The van der Waals surface area contributed by atoms with Gasteiger partial charge in [-0.1, -0.05) is 23.7 Å². The molecular weight excluding hydrogens is 298 g/mol. The second-order valence-electron chi connectivity index (χ2n) is 4.90. The van der Waals surface area contributed by atoms with Gasteiger partial charge >= 0.3 is 0 Å². The number of benzene rings is 1. The summed E-state index contributed by atoms with van der Waals surface area (Å²) in [5.74, 6) is 0.0745. The van der Waals surface area contributed by atoms with Crippen LogP contribution in [0.25, 0.3) is 0 Å². The molecule has 1 aromatic carbocycles. The Labute approximate surface area is 136 Å². The molecule has 1 N–H and O–H groups in total. The molecule has 0 fully saturated rings. The molecule has 0 saturated heterocycles. The fourth-order valence-electron chi connectivity index (χ4n) is 2.18. The van der Waals surface area contributed by atoms with Crippen LogP contribution in [0.4, 0.5) is 5.69 Å². The van der Waals surface area contributed by atoms with Gasteiger partial charge in [0.2, 0.25) is 0 Å². The smallest absolute Gasteiger partial charge is 0.253 e. The molecular formula is C17H20ClN3O. The first-order valence-electron chi connectivity index (χ1n) is 7.37. The third-order valence-corrected chi connectivity index (χ3v) is 3.68. The molecule has 0 radical (unpaired) electrons. The number of pyridine rings is 1. The van der Waals surface area contributed by atoms with Crippen LogP contribution in [0.2, 0.25) is 5.15 Å². The normalized spacial score (nSPS) is 10.3.